The normalized spacial score (nSPS) is 15.1. The third-order valence-electron chi connectivity index (χ3n) is 3.76. The van der Waals surface area contributed by atoms with Crippen molar-refractivity contribution >= 4 is 34.0 Å². The predicted molar refractivity (Wildman–Crippen MR) is 93.9 cm³/mol. The second-order valence-electron chi connectivity index (χ2n) is 5.70. The Bertz CT molecular complexity index is 706. The highest BCUT2D eigenvalue weighted by atomic mass is 35.5. The summed E-state index contributed by atoms with van der Waals surface area (Å²) in [6.07, 6.45) is 2.17. The van der Waals surface area contributed by atoms with E-state index in [0.29, 0.717) is 12.5 Å². The molecule has 0 radical (unpaired) electrons. The zero-order valence-corrected chi connectivity index (χ0v) is 15.0. The molecule has 1 unspecified atom stereocenters. The van der Waals surface area contributed by atoms with Crippen molar-refractivity contribution < 1.29 is 18.1 Å². The quantitative estimate of drug-likeness (QED) is 0.413. The van der Waals surface area contributed by atoms with E-state index in [1.807, 2.05) is 0 Å². The fraction of sp³-hybridized carbons (Fsp3) is 0.500. The maximum Gasteiger partial charge on any atom is 0.269 e. The van der Waals surface area contributed by atoms with E-state index < -0.39 is 14.9 Å². The molecule has 0 aliphatic heterocycles. The number of halogens is 1. The van der Waals surface area contributed by atoms with E-state index in [0.717, 1.165) is 37.1 Å². The molecule has 9 nitrogen and oxygen atoms in total. The summed E-state index contributed by atoms with van der Waals surface area (Å²) in [5.74, 6) is 0.198. The summed E-state index contributed by atoms with van der Waals surface area (Å²) in [4.78, 5) is 21.5. The van der Waals surface area contributed by atoms with Crippen LogP contribution in [-0.4, -0.2) is 38.4 Å². The Kier molecular flexibility index (Phi) is 7.74. The van der Waals surface area contributed by atoms with Crippen LogP contribution < -0.4 is 15.8 Å². The van der Waals surface area contributed by atoms with Gasteiger partial charge < -0.3 is 11.1 Å². The molecule has 0 aromatic heterocycles. The van der Waals surface area contributed by atoms with E-state index in [2.05, 4.69) is 10.0 Å². The number of rotatable bonds is 9. The highest BCUT2D eigenvalue weighted by Gasteiger charge is 2.28. The minimum absolute atomic E-state index is 0. The lowest BCUT2D eigenvalue weighted by atomic mass is 10.2. The van der Waals surface area contributed by atoms with E-state index in [1.165, 1.54) is 0 Å². The summed E-state index contributed by atoms with van der Waals surface area (Å²) >= 11 is 0. The van der Waals surface area contributed by atoms with E-state index in [-0.39, 0.29) is 47.9 Å². The number of hydrogen-bond acceptors (Lipinski definition) is 6. The van der Waals surface area contributed by atoms with Crippen LogP contribution in [0.25, 0.3) is 0 Å². The number of amides is 1. The van der Waals surface area contributed by atoms with Crippen LogP contribution in [0.1, 0.15) is 19.3 Å². The van der Waals surface area contributed by atoms with Crippen LogP contribution in [-0.2, 0) is 14.8 Å². The summed E-state index contributed by atoms with van der Waals surface area (Å²) in [7, 11) is -3.81. The molecule has 0 saturated heterocycles. The predicted octanol–water partition coefficient (Wildman–Crippen LogP) is 0.538. The van der Waals surface area contributed by atoms with Gasteiger partial charge in [-0.25, -0.2) is 13.1 Å². The van der Waals surface area contributed by atoms with Crippen molar-refractivity contribution in [1.29, 1.82) is 0 Å². The number of carbonyl (C=O) groups is 1. The largest absolute Gasteiger partial charge is 0.354 e. The van der Waals surface area contributed by atoms with E-state index >= 15 is 0 Å². The van der Waals surface area contributed by atoms with E-state index in [4.69, 9.17) is 5.73 Å². The summed E-state index contributed by atoms with van der Waals surface area (Å²) in [6.45, 7) is 0.322. The molecule has 1 saturated carbocycles. The summed E-state index contributed by atoms with van der Waals surface area (Å²) in [5.41, 5.74) is 5.67. The first-order valence-corrected chi connectivity index (χ1v) is 9.04. The molecule has 1 aromatic rings. The van der Waals surface area contributed by atoms with Gasteiger partial charge in [-0.05, 0) is 30.9 Å². The number of non-ortho nitro benzene ring substituents is 1. The van der Waals surface area contributed by atoms with Crippen LogP contribution in [0.5, 0.6) is 0 Å². The van der Waals surface area contributed by atoms with Crippen molar-refractivity contribution in [2.75, 3.05) is 13.1 Å². The molecule has 140 valence electrons. The van der Waals surface area contributed by atoms with Crippen molar-refractivity contribution in [1.82, 2.24) is 10.0 Å². The van der Waals surface area contributed by atoms with Crippen LogP contribution in [0.3, 0.4) is 0 Å². The van der Waals surface area contributed by atoms with Crippen molar-refractivity contribution in [2.45, 2.75) is 30.2 Å². The average molecular weight is 393 g/mol. The lowest BCUT2D eigenvalue weighted by Crippen LogP contribution is -2.39. The lowest BCUT2D eigenvalue weighted by molar-refractivity contribution is -0.384. The van der Waals surface area contributed by atoms with Gasteiger partial charge >= 0.3 is 0 Å². The minimum atomic E-state index is -3.81. The molecule has 1 atom stereocenters. The van der Waals surface area contributed by atoms with Gasteiger partial charge in [0, 0.05) is 37.7 Å². The number of hydrogen-bond donors (Lipinski definition) is 3. The smallest absolute Gasteiger partial charge is 0.269 e. The Morgan fingerprint density at radius 1 is 1.32 bits per heavy atom. The van der Waals surface area contributed by atoms with Crippen LogP contribution in [0.15, 0.2) is 29.2 Å². The number of carbonyl (C=O) groups excluding carboxylic acids is 1. The van der Waals surface area contributed by atoms with E-state index in [9.17, 15) is 23.3 Å². The van der Waals surface area contributed by atoms with Gasteiger partial charge in [0.15, 0.2) is 0 Å². The fourth-order valence-corrected chi connectivity index (χ4v) is 3.17. The molecule has 1 fully saturated rings. The SMILES string of the molecule is Cl.NC(CNC(=O)CCNS(=O)(=O)c1ccc([N+](=O)[O-])cc1)C1CC1. The van der Waals surface area contributed by atoms with Gasteiger partial charge in [-0.3, -0.25) is 14.9 Å². The molecule has 1 aliphatic rings. The average Bonchev–Trinajstić information content (AvgIpc) is 3.37. The Labute approximate surface area is 152 Å². The van der Waals surface area contributed by atoms with Crippen LogP contribution in [0.4, 0.5) is 5.69 Å². The van der Waals surface area contributed by atoms with Crippen molar-refractivity contribution in [2.24, 2.45) is 11.7 Å². The molecule has 1 aliphatic carbocycles. The highest BCUT2D eigenvalue weighted by Crippen LogP contribution is 2.31. The van der Waals surface area contributed by atoms with Gasteiger partial charge in [0.25, 0.3) is 5.69 Å². The summed E-state index contributed by atoms with van der Waals surface area (Å²) in [6, 6.07) is 4.47. The Morgan fingerprint density at radius 3 is 2.44 bits per heavy atom. The number of nitro groups is 1. The van der Waals surface area contributed by atoms with Gasteiger partial charge in [-0.15, -0.1) is 12.4 Å². The molecule has 0 bridgehead atoms. The van der Waals surface area contributed by atoms with Crippen LogP contribution >= 0.6 is 12.4 Å². The molecule has 2 rings (SSSR count). The van der Waals surface area contributed by atoms with Gasteiger partial charge in [-0.1, -0.05) is 0 Å². The van der Waals surface area contributed by atoms with Gasteiger partial charge in [0.05, 0.1) is 9.82 Å². The first-order chi connectivity index (χ1) is 11.3. The fourth-order valence-electron chi connectivity index (χ4n) is 2.14. The van der Waals surface area contributed by atoms with E-state index in [1.54, 1.807) is 0 Å². The number of sulfonamides is 1. The number of nitrogens with zero attached hydrogens (tertiary/aromatic N) is 1. The molecule has 11 heteroatoms. The Hall–Kier alpha value is -1.75. The second-order valence-corrected chi connectivity index (χ2v) is 7.47. The Balaban J connectivity index is 0.00000312. The summed E-state index contributed by atoms with van der Waals surface area (Å²) < 4.78 is 26.3. The van der Waals surface area contributed by atoms with Crippen LogP contribution in [0.2, 0.25) is 0 Å². The van der Waals surface area contributed by atoms with Crippen LogP contribution in [0, 0.1) is 16.0 Å². The number of benzene rings is 1. The molecule has 0 spiro atoms. The van der Waals surface area contributed by atoms with Crippen molar-refractivity contribution in [3.8, 4) is 0 Å². The van der Waals surface area contributed by atoms with Crippen molar-refractivity contribution in [3.05, 3.63) is 34.4 Å². The molecular formula is C14H21ClN4O5S. The maximum absolute atomic E-state index is 12.0. The van der Waals surface area contributed by atoms with Gasteiger partial charge in [-0.2, -0.15) is 0 Å². The molecule has 1 amide bonds. The first-order valence-electron chi connectivity index (χ1n) is 7.56. The monoisotopic (exact) mass is 392 g/mol. The minimum Gasteiger partial charge on any atom is -0.354 e. The summed E-state index contributed by atoms with van der Waals surface area (Å²) in [5, 5.41) is 13.2. The van der Waals surface area contributed by atoms with Crippen molar-refractivity contribution in [3.63, 3.8) is 0 Å². The zero-order valence-electron chi connectivity index (χ0n) is 13.4. The molecule has 0 heterocycles. The number of nitrogens with two attached hydrogens (primary N) is 1. The number of nitrogens with one attached hydrogen (secondary N) is 2. The van der Waals surface area contributed by atoms with Gasteiger partial charge in [0.1, 0.15) is 0 Å². The molecular weight excluding hydrogens is 372 g/mol. The Morgan fingerprint density at radius 2 is 1.92 bits per heavy atom. The lowest BCUT2D eigenvalue weighted by Gasteiger charge is -2.11. The third-order valence-corrected chi connectivity index (χ3v) is 5.24. The zero-order chi connectivity index (χ0) is 17.7. The molecule has 4 N–H and O–H groups in total. The number of nitro benzene ring substituents is 1. The topological polar surface area (TPSA) is 144 Å². The van der Waals surface area contributed by atoms with Gasteiger partial charge in [0.2, 0.25) is 15.9 Å². The second kappa shape index (κ2) is 9.09. The maximum atomic E-state index is 12.0. The standard InChI is InChI=1S/C14H20N4O5S.ClH/c15-13(10-1-2-10)9-16-14(19)7-8-17-24(22,23)12-5-3-11(4-6-12)18(20)21;/h3-6,10,13,17H,1-2,7-9,15H2,(H,16,19);1H. The molecule has 25 heavy (non-hydrogen) atoms. The highest BCUT2D eigenvalue weighted by molar-refractivity contribution is 7.89. The third kappa shape index (κ3) is 6.58. The molecule has 1 aromatic carbocycles. The first kappa shape index (κ1) is 21.3.